The van der Waals surface area contributed by atoms with Crippen LogP contribution in [0.2, 0.25) is 0 Å². The van der Waals surface area contributed by atoms with Crippen LogP contribution in [0.4, 0.5) is 0 Å². The van der Waals surface area contributed by atoms with Crippen molar-refractivity contribution >= 4 is 0 Å². The van der Waals surface area contributed by atoms with Gasteiger partial charge in [0.1, 0.15) is 0 Å². The van der Waals surface area contributed by atoms with Gasteiger partial charge in [-0.15, -0.1) is 0 Å². The van der Waals surface area contributed by atoms with Crippen LogP contribution >= 0.6 is 0 Å². The van der Waals surface area contributed by atoms with E-state index in [0.29, 0.717) is 0 Å². The normalized spacial score (nSPS) is 10.9. The molecule has 0 aliphatic carbocycles. The highest BCUT2D eigenvalue weighted by molar-refractivity contribution is 4.79. The molecule has 0 bridgehead atoms. The first-order chi connectivity index (χ1) is 12.3. The Morgan fingerprint density at radius 3 is 1.00 bits per heavy atom. The summed E-state index contributed by atoms with van der Waals surface area (Å²) in [5.74, 6) is 0. The fourth-order valence-electron chi connectivity index (χ4n) is 3.06. The zero-order chi connectivity index (χ0) is 18.8. The molecule has 0 heteroatoms. The second kappa shape index (κ2) is 28.5. The lowest BCUT2D eigenvalue weighted by Gasteiger charge is -2.00. The molecule has 0 aliphatic rings. The molecule has 0 nitrogen and oxygen atoms in total. The molecular weight excluding hydrogens is 300 g/mol. The van der Waals surface area contributed by atoms with Gasteiger partial charge in [-0.2, -0.15) is 0 Å². The summed E-state index contributed by atoms with van der Waals surface area (Å²) in [5, 5.41) is 0. The van der Waals surface area contributed by atoms with Crippen LogP contribution in [0.5, 0.6) is 0 Å². The maximum Gasteiger partial charge on any atom is -0.0351 e. The second-order valence-electron chi connectivity index (χ2n) is 7.62. The first-order valence-corrected chi connectivity index (χ1v) is 12.0. The van der Waals surface area contributed by atoms with E-state index in [1.807, 2.05) is 0 Å². The van der Waals surface area contributed by atoms with Gasteiger partial charge in [0.25, 0.3) is 0 Å². The van der Waals surface area contributed by atoms with E-state index in [1.54, 1.807) is 0 Å². The Bertz CT molecular complexity index is 206. The van der Waals surface area contributed by atoms with Gasteiger partial charge in [0, 0.05) is 0 Å². The summed E-state index contributed by atoms with van der Waals surface area (Å²) in [6, 6.07) is 0. The van der Waals surface area contributed by atoms with E-state index in [-0.39, 0.29) is 0 Å². The Morgan fingerprint density at radius 1 is 0.360 bits per heavy atom. The van der Waals surface area contributed by atoms with Gasteiger partial charge < -0.3 is 0 Å². The van der Waals surface area contributed by atoms with Crippen LogP contribution in [0.3, 0.4) is 0 Å². The summed E-state index contributed by atoms with van der Waals surface area (Å²) < 4.78 is 0. The SMILES string of the molecule is CC/C=C/CCCCCCCC.CCCCCCCCCCCCC. The molecule has 0 saturated carbocycles. The van der Waals surface area contributed by atoms with Crippen molar-refractivity contribution in [3.8, 4) is 0 Å². The van der Waals surface area contributed by atoms with Crippen molar-refractivity contribution in [2.24, 2.45) is 0 Å². The number of allylic oxidation sites excluding steroid dienone is 2. The minimum absolute atomic E-state index is 1.19. The zero-order valence-corrected chi connectivity index (χ0v) is 18.6. The molecule has 0 amide bonds. The molecule has 0 fully saturated rings. The second-order valence-corrected chi connectivity index (χ2v) is 7.62. The van der Waals surface area contributed by atoms with Gasteiger partial charge in [-0.3, -0.25) is 0 Å². The van der Waals surface area contributed by atoms with E-state index in [2.05, 4.69) is 39.8 Å². The largest absolute Gasteiger partial charge is 0.0888 e. The van der Waals surface area contributed by atoms with Crippen molar-refractivity contribution in [2.45, 2.75) is 150 Å². The molecule has 0 radical (unpaired) electrons. The summed E-state index contributed by atoms with van der Waals surface area (Å²) in [4.78, 5) is 0. The monoisotopic (exact) mass is 352 g/mol. The lowest BCUT2D eigenvalue weighted by molar-refractivity contribution is 0.554. The van der Waals surface area contributed by atoms with Crippen molar-refractivity contribution in [1.29, 1.82) is 0 Å². The van der Waals surface area contributed by atoms with Crippen molar-refractivity contribution in [3.05, 3.63) is 12.2 Å². The summed E-state index contributed by atoms with van der Waals surface area (Å²) in [7, 11) is 0. The van der Waals surface area contributed by atoms with Gasteiger partial charge in [0.15, 0.2) is 0 Å². The lowest BCUT2D eigenvalue weighted by atomic mass is 10.1. The molecule has 0 aromatic rings. The summed E-state index contributed by atoms with van der Waals surface area (Å²) in [6.07, 6.45) is 31.5. The maximum atomic E-state index is 2.32. The highest BCUT2D eigenvalue weighted by Gasteiger charge is 1.91. The molecule has 0 rings (SSSR count). The van der Waals surface area contributed by atoms with Crippen LogP contribution < -0.4 is 0 Å². The molecule has 0 aromatic heterocycles. The van der Waals surface area contributed by atoms with Crippen molar-refractivity contribution in [3.63, 3.8) is 0 Å². The van der Waals surface area contributed by atoms with Crippen molar-refractivity contribution in [1.82, 2.24) is 0 Å². The quantitative estimate of drug-likeness (QED) is 0.170. The zero-order valence-electron chi connectivity index (χ0n) is 18.6. The van der Waals surface area contributed by atoms with Gasteiger partial charge in [-0.1, -0.05) is 143 Å². The molecule has 0 atom stereocenters. The molecule has 0 saturated heterocycles. The van der Waals surface area contributed by atoms with Gasteiger partial charge >= 0.3 is 0 Å². The Labute approximate surface area is 162 Å². The molecular formula is C25H52. The van der Waals surface area contributed by atoms with E-state index in [9.17, 15) is 0 Å². The van der Waals surface area contributed by atoms with Gasteiger partial charge in [-0.25, -0.2) is 0 Å². The average Bonchev–Trinajstić information content (AvgIpc) is 2.63. The molecule has 0 spiro atoms. The third-order valence-corrected chi connectivity index (χ3v) is 4.83. The third kappa shape index (κ3) is 31.9. The highest BCUT2D eigenvalue weighted by atomic mass is 14.0. The van der Waals surface area contributed by atoms with Crippen LogP contribution in [0, 0.1) is 0 Å². The molecule has 0 N–H and O–H groups in total. The third-order valence-electron chi connectivity index (χ3n) is 4.83. The predicted octanol–water partition coefficient (Wildman–Crippen LogP) is 10.0. The van der Waals surface area contributed by atoms with Crippen molar-refractivity contribution in [2.75, 3.05) is 0 Å². The fraction of sp³-hybridized carbons (Fsp3) is 0.920. The molecule has 25 heavy (non-hydrogen) atoms. The van der Waals surface area contributed by atoms with Gasteiger partial charge in [0.05, 0.1) is 0 Å². The molecule has 0 aromatic carbocycles. The molecule has 152 valence electrons. The van der Waals surface area contributed by atoms with E-state index in [4.69, 9.17) is 0 Å². The molecule has 0 aliphatic heterocycles. The van der Waals surface area contributed by atoms with Crippen LogP contribution in [0.25, 0.3) is 0 Å². The highest BCUT2D eigenvalue weighted by Crippen LogP contribution is 2.11. The number of hydrogen-bond donors (Lipinski definition) is 0. The van der Waals surface area contributed by atoms with E-state index >= 15 is 0 Å². The van der Waals surface area contributed by atoms with Gasteiger partial charge in [0.2, 0.25) is 0 Å². The lowest BCUT2D eigenvalue weighted by Crippen LogP contribution is -1.80. The van der Waals surface area contributed by atoms with Gasteiger partial charge in [-0.05, 0) is 19.3 Å². The first kappa shape index (κ1) is 27.0. The van der Waals surface area contributed by atoms with E-state index in [0.717, 1.165) is 0 Å². The topological polar surface area (TPSA) is 0 Å². The minimum atomic E-state index is 1.19. The summed E-state index contributed by atoms with van der Waals surface area (Å²) >= 11 is 0. The smallest absolute Gasteiger partial charge is 0.0351 e. The average molecular weight is 353 g/mol. The van der Waals surface area contributed by atoms with Crippen LogP contribution in [-0.2, 0) is 0 Å². The van der Waals surface area contributed by atoms with Crippen LogP contribution in [-0.4, -0.2) is 0 Å². The minimum Gasteiger partial charge on any atom is -0.0888 e. The Morgan fingerprint density at radius 2 is 0.680 bits per heavy atom. The first-order valence-electron chi connectivity index (χ1n) is 12.0. The number of hydrogen-bond acceptors (Lipinski definition) is 0. The summed E-state index contributed by atoms with van der Waals surface area (Å²) in [5.41, 5.74) is 0. The van der Waals surface area contributed by atoms with E-state index in [1.165, 1.54) is 122 Å². The molecule has 0 heterocycles. The van der Waals surface area contributed by atoms with E-state index < -0.39 is 0 Å². The molecule has 0 unspecified atom stereocenters. The number of unbranched alkanes of at least 4 members (excludes halogenated alkanes) is 16. The Hall–Kier alpha value is -0.260. The standard InChI is InChI=1S/C13H28.C12H24/c1-3-5-7-9-11-13-12-10-8-6-4-2;1-3-5-7-9-11-12-10-8-6-4-2/h3-13H2,1-2H3;5,7H,3-4,6,8-12H2,1-2H3/b;7-5+. The summed E-state index contributed by atoms with van der Waals surface area (Å²) in [6.45, 7) is 9.03. The fourth-order valence-corrected chi connectivity index (χ4v) is 3.06. The number of rotatable bonds is 18. The maximum absolute atomic E-state index is 2.32. The van der Waals surface area contributed by atoms with Crippen LogP contribution in [0.1, 0.15) is 150 Å². The van der Waals surface area contributed by atoms with Crippen molar-refractivity contribution < 1.29 is 0 Å². The van der Waals surface area contributed by atoms with Crippen LogP contribution in [0.15, 0.2) is 12.2 Å². The Kier molecular flexibility index (Phi) is 30.8. The Balaban J connectivity index is 0. The predicted molar refractivity (Wildman–Crippen MR) is 120 cm³/mol.